The zero-order chi connectivity index (χ0) is 11.5. The van der Waals surface area contributed by atoms with Gasteiger partial charge in [-0.1, -0.05) is 54.1 Å². The minimum absolute atomic E-state index is 1.14. The van der Waals surface area contributed by atoms with E-state index in [0.29, 0.717) is 0 Å². The van der Waals surface area contributed by atoms with Crippen LogP contribution < -0.4 is 0 Å². The summed E-state index contributed by atoms with van der Waals surface area (Å²) in [6.45, 7) is 0. The van der Waals surface area contributed by atoms with Gasteiger partial charge in [0.1, 0.15) is 0 Å². The van der Waals surface area contributed by atoms with Crippen LogP contribution in [0.4, 0.5) is 0 Å². The molecule has 0 N–H and O–H groups in total. The number of pyridine rings is 1. The maximum Gasteiger partial charge on any atom is 0.0403 e. The van der Waals surface area contributed by atoms with Crippen LogP contribution >= 0.6 is 15.9 Å². The van der Waals surface area contributed by atoms with E-state index in [-0.39, 0.29) is 0 Å². The van der Waals surface area contributed by atoms with Crippen molar-refractivity contribution in [2.75, 3.05) is 5.33 Å². The van der Waals surface area contributed by atoms with Gasteiger partial charge in [-0.05, 0) is 31.4 Å². The van der Waals surface area contributed by atoms with Gasteiger partial charge in [0, 0.05) is 17.2 Å². The number of hydrogen-bond acceptors (Lipinski definition) is 1. The van der Waals surface area contributed by atoms with Gasteiger partial charge in [0.25, 0.3) is 0 Å². The first-order valence-corrected chi connectivity index (χ1v) is 7.51. The van der Waals surface area contributed by atoms with Gasteiger partial charge in [0.05, 0.1) is 0 Å². The Balaban J connectivity index is 1.89. The van der Waals surface area contributed by atoms with Gasteiger partial charge in [-0.2, -0.15) is 0 Å². The summed E-state index contributed by atoms with van der Waals surface area (Å²) in [6.07, 6.45) is 12.6. The first-order valence-electron chi connectivity index (χ1n) is 6.39. The monoisotopic (exact) mass is 283 g/mol. The predicted octanol–water partition coefficient (Wildman–Crippen LogP) is 4.75. The summed E-state index contributed by atoms with van der Waals surface area (Å²) < 4.78 is 0. The molecule has 0 saturated heterocycles. The number of unbranched alkanes of at least 4 members (excludes halogenated alkanes) is 6. The molecular formula is C14H22BrN. The van der Waals surface area contributed by atoms with Gasteiger partial charge in [0.2, 0.25) is 0 Å². The molecular weight excluding hydrogens is 262 g/mol. The number of nitrogens with zero attached hydrogens (tertiary/aromatic N) is 1. The molecule has 0 radical (unpaired) electrons. The summed E-state index contributed by atoms with van der Waals surface area (Å²) >= 11 is 3.46. The average molecular weight is 284 g/mol. The Hall–Kier alpha value is -0.370. The van der Waals surface area contributed by atoms with E-state index in [0.717, 1.165) is 11.8 Å². The number of hydrogen-bond donors (Lipinski definition) is 0. The second-order valence-corrected chi connectivity index (χ2v) is 5.03. The molecule has 0 fully saturated rings. The highest BCUT2D eigenvalue weighted by Gasteiger charge is 1.94. The molecule has 0 aliphatic rings. The molecule has 1 aromatic heterocycles. The number of halogens is 1. The fourth-order valence-corrected chi connectivity index (χ4v) is 2.23. The summed E-state index contributed by atoms with van der Waals surface area (Å²) in [6, 6.07) is 6.17. The Bertz CT molecular complexity index is 248. The SMILES string of the molecule is BrCCCCCCCCCc1ccccn1. The highest BCUT2D eigenvalue weighted by atomic mass is 79.9. The molecule has 0 atom stereocenters. The summed E-state index contributed by atoms with van der Waals surface area (Å²) in [5.41, 5.74) is 1.24. The van der Waals surface area contributed by atoms with Crippen molar-refractivity contribution in [3.8, 4) is 0 Å². The minimum atomic E-state index is 1.14. The van der Waals surface area contributed by atoms with Crippen LogP contribution in [0.25, 0.3) is 0 Å². The Morgan fingerprint density at radius 2 is 1.56 bits per heavy atom. The molecule has 0 aliphatic carbocycles. The Morgan fingerprint density at radius 1 is 0.875 bits per heavy atom. The first kappa shape index (κ1) is 13.7. The third kappa shape index (κ3) is 7.00. The van der Waals surface area contributed by atoms with Crippen LogP contribution in [0.15, 0.2) is 24.4 Å². The molecule has 0 aliphatic heterocycles. The van der Waals surface area contributed by atoms with Crippen molar-refractivity contribution in [3.05, 3.63) is 30.1 Å². The molecule has 2 heteroatoms. The quantitative estimate of drug-likeness (QED) is 0.471. The predicted molar refractivity (Wildman–Crippen MR) is 74.1 cm³/mol. The lowest BCUT2D eigenvalue weighted by Gasteiger charge is -2.01. The van der Waals surface area contributed by atoms with E-state index >= 15 is 0 Å². The lowest BCUT2D eigenvalue weighted by atomic mass is 10.1. The molecule has 0 bridgehead atoms. The number of rotatable bonds is 9. The Kier molecular flexibility index (Phi) is 8.41. The Morgan fingerprint density at radius 3 is 2.19 bits per heavy atom. The lowest BCUT2D eigenvalue weighted by Crippen LogP contribution is -1.89. The van der Waals surface area contributed by atoms with Crippen LogP contribution in [0, 0.1) is 0 Å². The van der Waals surface area contributed by atoms with Crippen molar-refractivity contribution in [1.82, 2.24) is 4.98 Å². The molecule has 1 nitrogen and oxygen atoms in total. The van der Waals surface area contributed by atoms with Gasteiger partial charge in [-0.3, -0.25) is 4.98 Å². The van der Waals surface area contributed by atoms with Crippen LogP contribution in [0.1, 0.15) is 50.6 Å². The number of aromatic nitrogens is 1. The topological polar surface area (TPSA) is 12.9 Å². The maximum absolute atomic E-state index is 4.33. The first-order chi connectivity index (χ1) is 7.93. The van der Waals surface area contributed by atoms with Crippen LogP contribution in [0.5, 0.6) is 0 Å². The van der Waals surface area contributed by atoms with Gasteiger partial charge >= 0.3 is 0 Å². The summed E-state index contributed by atoms with van der Waals surface area (Å²) in [5.74, 6) is 0. The van der Waals surface area contributed by atoms with Gasteiger partial charge in [-0.25, -0.2) is 0 Å². The number of aryl methyl sites for hydroxylation is 1. The zero-order valence-corrected chi connectivity index (χ0v) is 11.6. The second kappa shape index (κ2) is 9.83. The second-order valence-electron chi connectivity index (χ2n) is 4.23. The standard InChI is InChI=1S/C14H22BrN/c15-12-8-5-3-1-2-4-6-10-14-11-7-9-13-16-14/h7,9,11,13H,1-6,8,10,12H2. The molecule has 90 valence electrons. The summed E-state index contributed by atoms with van der Waals surface area (Å²) in [5, 5.41) is 1.16. The largest absolute Gasteiger partial charge is 0.261 e. The van der Waals surface area contributed by atoms with Crippen molar-refractivity contribution >= 4 is 15.9 Å². The van der Waals surface area contributed by atoms with E-state index in [1.165, 1.54) is 50.6 Å². The van der Waals surface area contributed by atoms with E-state index in [9.17, 15) is 0 Å². The molecule has 16 heavy (non-hydrogen) atoms. The third-order valence-corrected chi connectivity index (χ3v) is 3.35. The fourth-order valence-electron chi connectivity index (χ4n) is 1.83. The third-order valence-electron chi connectivity index (χ3n) is 2.79. The van der Waals surface area contributed by atoms with Crippen LogP contribution in [-0.4, -0.2) is 10.3 Å². The van der Waals surface area contributed by atoms with E-state index < -0.39 is 0 Å². The highest BCUT2D eigenvalue weighted by Crippen LogP contribution is 2.09. The molecule has 0 spiro atoms. The highest BCUT2D eigenvalue weighted by molar-refractivity contribution is 9.09. The smallest absolute Gasteiger partial charge is 0.0403 e. The normalized spacial score (nSPS) is 10.6. The van der Waals surface area contributed by atoms with Gasteiger partial charge in [-0.15, -0.1) is 0 Å². The van der Waals surface area contributed by atoms with Crippen LogP contribution in [-0.2, 0) is 6.42 Å². The average Bonchev–Trinajstić information content (AvgIpc) is 2.34. The van der Waals surface area contributed by atoms with Crippen LogP contribution in [0.2, 0.25) is 0 Å². The summed E-state index contributed by atoms with van der Waals surface area (Å²) in [7, 11) is 0. The van der Waals surface area contributed by atoms with Crippen molar-refractivity contribution < 1.29 is 0 Å². The van der Waals surface area contributed by atoms with Crippen LogP contribution in [0.3, 0.4) is 0 Å². The molecule has 1 rings (SSSR count). The lowest BCUT2D eigenvalue weighted by molar-refractivity contribution is 0.589. The van der Waals surface area contributed by atoms with Crippen molar-refractivity contribution in [1.29, 1.82) is 0 Å². The van der Waals surface area contributed by atoms with Gasteiger partial charge in [0.15, 0.2) is 0 Å². The zero-order valence-electron chi connectivity index (χ0n) is 10.00. The molecule has 0 unspecified atom stereocenters. The number of alkyl halides is 1. The van der Waals surface area contributed by atoms with E-state index in [2.05, 4.69) is 33.0 Å². The molecule has 0 amide bonds. The molecule has 1 heterocycles. The van der Waals surface area contributed by atoms with Crippen molar-refractivity contribution in [2.45, 2.75) is 51.4 Å². The minimum Gasteiger partial charge on any atom is -0.261 e. The van der Waals surface area contributed by atoms with Gasteiger partial charge < -0.3 is 0 Å². The molecule has 1 aromatic rings. The van der Waals surface area contributed by atoms with E-state index in [1.54, 1.807) is 0 Å². The van der Waals surface area contributed by atoms with E-state index in [4.69, 9.17) is 0 Å². The summed E-state index contributed by atoms with van der Waals surface area (Å²) in [4.78, 5) is 4.33. The van der Waals surface area contributed by atoms with E-state index in [1.807, 2.05) is 12.3 Å². The maximum atomic E-state index is 4.33. The molecule has 0 saturated carbocycles. The molecule has 0 aromatic carbocycles. The Labute approximate surface area is 108 Å². The van der Waals surface area contributed by atoms with Crippen molar-refractivity contribution in [2.24, 2.45) is 0 Å². The van der Waals surface area contributed by atoms with Crippen molar-refractivity contribution in [3.63, 3.8) is 0 Å². The fraction of sp³-hybridized carbons (Fsp3) is 0.643.